The van der Waals surface area contributed by atoms with Gasteiger partial charge in [0, 0.05) is 55.6 Å². The van der Waals surface area contributed by atoms with Crippen LogP contribution in [0.15, 0.2) is 225 Å². The number of hydrogen-bond acceptors (Lipinski definition) is 4. The van der Waals surface area contributed by atoms with E-state index in [2.05, 4.69) is 220 Å². The summed E-state index contributed by atoms with van der Waals surface area (Å²) in [4.78, 5) is 9.87. The lowest BCUT2D eigenvalue weighted by Gasteiger charge is -2.27. The van der Waals surface area contributed by atoms with Gasteiger partial charge >= 0.3 is 0 Å². The van der Waals surface area contributed by atoms with Crippen molar-refractivity contribution in [3.8, 4) is 61.8 Å². The number of para-hydroxylation sites is 3. The van der Waals surface area contributed by atoms with Crippen molar-refractivity contribution < 1.29 is 8.85 Å². The molecule has 0 saturated carbocycles. The highest BCUT2D eigenvalue weighted by Crippen LogP contribution is 2.51. The fourth-order valence-electron chi connectivity index (χ4n) is 10.6. The Hall–Kier alpha value is -8.67. The summed E-state index contributed by atoms with van der Waals surface area (Å²) >= 11 is 0. The smallest absolute Gasteiger partial charge is 0.137 e. The number of fused-ring (bicyclic) bond motifs is 4. The molecule has 0 saturated heterocycles. The van der Waals surface area contributed by atoms with Crippen LogP contribution < -0.4 is 14.5 Å². The minimum absolute atomic E-state index is 0.0398. The van der Waals surface area contributed by atoms with E-state index in [0.29, 0.717) is 29.5 Å². The maximum absolute atomic E-state index is 8.79. The highest BCUT2D eigenvalue weighted by molar-refractivity contribution is 6.11. The predicted molar refractivity (Wildman–Crippen MR) is 311 cm³/mol. The number of pyridine rings is 1. The molecule has 1 aliphatic rings. The van der Waals surface area contributed by atoms with Gasteiger partial charge in [0.15, 0.2) is 0 Å². The summed E-state index contributed by atoms with van der Waals surface area (Å²) in [5.41, 5.74) is 17.0. The highest BCUT2D eigenvalue weighted by Gasteiger charge is 2.32. The lowest BCUT2D eigenvalue weighted by atomic mass is 9.86. The molecule has 0 amide bonds. The Bertz CT molecular complexity index is 3980. The first-order valence-electron chi connectivity index (χ1n) is 27.0. The van der Waals surface area contributed by atoms with Gasteiger partial charge in [-0.3, -0.25) is 4.57 Å². The van der Waals surface area contributed by atoms with E-state index in [9.17, 15) is 0 Å². The summed E-state index contributed by atoms with van der Waals surface area (Å²) in [6.45, 7) is 11.4. The van der Waals surface area contributed by atoms with E-state index in [1.54, 1.807) is 12.3 Å². The van der Waals surface area contributed by atoms with Crippen LogP contribution in [0.3, 0.4) is 0 Å². The molecule has 0 N–H and O–H groups in total. The number of aryl methyl sites for hydroxylation is 1. The molecule has 0 bridgehead atoms. The zero-order chi connectivity index (χ0) is 53.2. The van der Waals surface area contributed by atoms with Crippen LogP contribution in [0.5, 0.6) is 11.5 Å². The van der Waals surface area contributed by atoms with Crippen molar-refractivity contribution >= 4 is 44.6 Å². The van der Waals surface area contributed by atoms with Crippen LogP contribution in [0.1, 0.15) is 62.3 Å². The predicted octanol–water partition coefficient (Wildman–Crippen LogP) is 18.8. The average molecular weight is 964 g/mol. The van der Waals surface area contributed by atoms with Crippen LogP contribution in [0.2, 0.25) is 0 Å². The van der Waals surface area contributed by atoms with E-state index in [0.717, 1.165) is 83.5 Å². The molecule has 11 aromatic rings. The van der Waals surface area contributed by atoms with Crippen molar-refractivity contribution in [1.29, 1.82) is 0 Å². The lowest BCUT2D eigenvalue weighted by Crippen LogP contribution is -2.25. The summed E-state index contributed by atoms with van der Waals surface area (Å²) < 4.78 is 35.3. The van der Waals surface area contributed by atoms with E-state index >= 15 is 0 Å². The third kappa shape index (κ3) is 8.58. The first kappa shape index (κ1) is 43.0. The van der Waals surface area contributed by atoms with Crippen LogP contribution in [0, 0.1) is 6.85 Å². The van der Waals surface area contributed by atoms with Crippen molar-refractivity contribution in [3.63, 3.8) is 0 Å². The van der Waals surface area contributed by atoms with Crippen LogP contribution in [0.25, 0.3) is 72.1 Å². The molecule has 1 aliphatic heterocycles. The molecule has 12 rings (SSSR count). The van der Waals surface area contributed by atoms with E-state index in [1.807, 2.05) is 48.5 Å². The van der Waals surface area contributed by atoms with Gasteiger partial charge in [0.1, 0.15) is 24.0 Å². The third-order valence-corrected chi connectivity index (χ3v) is 14.6. The Balaban J connectivity index is 0.934. The molecule has 2 aromatic heterocycles. The summed E-state index contributed by atoms with van der Waals surface area (Å²) in [5, 5.41) is 2.01. The molecule has 0 spiro atoms. The zero-order valence-corrected chi connectivity index (χ0v) is 42.8. The molecule has 0 aliphatic carbocycles. The normalized spacial score (nSPS) is 13.5. The summed E-state index contributed by atoms with van der Waals surface area (Å²) in [6.07, 6.45) is 1.72. The Morgan fingerprint density at radius 1 is 0.446 bits per heavy atom. The van der Waals surface area contributed by atoms with Crippen molar-refractivity contribution in [2.75, 3.05) is 16.5 Å². The molecule has 5 heteroatoms. The monoisotopic (exact) mass is 963 g/mol. The van der Waals surface area contributed by atoms with Gasteiger partial charge in [-0.15, -0.1) is 0 Å². The quantitative estimate of drug-likeness (QED) is 0.144. The Kier molecular flexibility index (Phi) is 10.7. The first-order valence-corrected chi connectivity index (χ1v) is 25.5. The van der Waals surface area contributed by atoms with Gasteiger partial charge < -0.3 is 14.5 Å². The second-order valence-corrected chi connectivity index (χ2v) is 21.5. The molecular weight excluding hydrogens is 901 g/mol. The largest absolute Gasteiger partial charge is 0.457 e. The van der Waals surface area contributed by atoms with Crippen LogP contribution >= 0.6 is 0 Å². The highest BCUT2D eigenvalue weighted by atomic mass is 16.5. The summed E-state index contributed by atoms with van der Waals surface area (Å²) in [7, 11) is 0. The van der Waals surface area contributed by atoms with Gasteiger partial charge in [0.2, 0.25) is 0 Å². The molecule has 5 nitrogen and oxygen atoms in total. The number of ether oxygens (including phenoxy) is 1. The maximum atomic E-state index is 8.79. The standard InChI is InChI=1S/C69H60N4O/c1-46-40-66(70-44-61(46)50-30-35-53(36-31-50)69(5,6)7)73-62-39-32-51(47-18-10-8-11-19-47)41-60(62)59-38-37-56(43-65(59)73)74-55-23-16-22-54(42-55)71-45-72(64-27-15-14-26-63(64)71)67-57(48-20-12-9-13-21-48)24-17-25-58(67)49-28-33-52(34-29-49)68(2,3)4/h8-44H,45H2,1-7H3/i1D3. The molecule has 74 heavy (non-hydrogen) atoms. The second kappa shape index (κ2) is 18.4. The SMILES string of the molecule is [2H]C([2H])([2H])c1cc(-n2c3ccc(-c4ccccc4)cc3c3ccc(Oc4cccc(N5CN(c6c(-c7ccccc7)cccc6-c6ccc(C(C)(C)C)cc6)c6ccccc65)c4)cc32)ncc1-c1ccc(C(C)(C)C)cc1. The van der Waals surface area contributed by atoms with Crippen LogP contribution in [-0.2, 0) is 10.8 Å². The van der Waals surface area contributed by atoms with Crippen molar-refractivity contribution in [1.82, 2.24) is 9.55 Å². The molecule has 3 heterocycles. The number of hydrogen-bond donors (Lipinski definition) is 0. The lowest BCUT2D eigenvalue weighted by molar-refractivity contribution is 0.483. The van der Waals surface area contributed by atoms with Crippen LogP contribution in [0.4, 0.5) is 22.7 Å². The maximum Gasteiger partial charge on any atom is 0.137 e. The molecule has 0 unspecified atom stereocenters. The van der Waals surface area contributed by atoms with Crippen molar-refractivity contribution in [2.45, 2.75) is 59.2 Å². The molecule has 0 fully saturated rings. The molecule has 362 valence electrons. The molecule has 0 radical (unpaired) electrons. The number of benzene rings is 9. The summed E-state index contributed by atoms with van der Waals surface area (Å²) in [6, 6.07) is 76.2. The van der Waals surface area contributed by atoms with Gasteiger partial charge in [0.05, 0.1) is 28.1 Å². The van der Waals surface area contributed by atoms with Crippen molar-refractivity contribution in [2.24, 2.45) is 0 Å². The van der Waals surface area contributed by atoms with Gasteiger partial charge in [-0.1, -0.05) is 193 Å². The number of anilines is 4. The van der Waals surface area contributed by atoms with E-state index in [1.165, 1.54) is 11.1 Å². The Morgan fingerprint density at radius 2 is 1.01 bits per heavy atom. The number of nitrogens with zero attached hydrogens (tertiary/aromatic N) is 4. The number of aromatic nitrogens is 2. The molecule has 9 aromatic carbocycles. The second-order valence-electron chi connectivity index (χ2n) is 21.5. The van der Waals surface area contributed by atoms with E-state index in [-0.39, 0.29) is 16.4 Å². The Morgan fingerprint density at radius 3 is 1.66 bits per heavy atom. The average Bonchev–Trinajstić information content (AvgIpc) is 4.11. The fraction of sp³-hybridized carbons (Fsp3) is 0.145. The van der Waals surface area contributed by atoms with E-state index in [4.69, 9.17) is 13.8 Å². The third-order valence-electron chi connectivity index (χ3n) is 14.6. The van der Waals surface area contributed by atoms with E-state index < -0.39 is 6.85 Å². The minimum atomic E-state index is -2.41. The van der Waals surface area contributed by atoms with Gasteiger partial charge in [0.25, 0.3) is 0 Å². The number of rotatable bonds is 9. The fourth-order valence-corrected chi connectivity index (χ4v) is 10.6. The summed E-state index contributed by atoms with van der Waals surface area (Å²) in [5.74, 6) is 1.82. The molecular formula is C69H60N4O. The van der Waals surface area contributed by atoms with Gasteiger partial charge in [-0.2, -0.15) is 0 Å². The minimum Gasteiger partial charge on any atom is -0.457 e. The van der Waals surface area contributed by atoms with Crippen molar-refractivity contribution in [3.05, 3.63) is 241 Å². The molecule has 0 atom stereocenters. The zero-order valence-electron chi connectivity index (χ0n) is 45.8. The van der Waals surface area contributed by atoms with Gasteiger partial charge in [-0.05, 0) is 117 Å². The van der Waals surface area contributed by atoms with Gasteiger partial charge in [-0.25, -0.2) is 4.98 Å². The topological polar surface area (TPSA) is 33.5 Å². The Labute approximate surface area is 439 Å². The van der Waals surface area contributed by atoms with Crippen LogP contribution in [-0.4, -0.2) is 16.2 Å². The first-order chi connectivity index (χ1) is 37.1.